The van der Waals surface area contributed by atoms with Crippen molar-refractivity contribution in [2.45, 2.75) is 26.2 Å². The number of halogens is 1. The van der Waals surface area contributed by atoms with Crippen molar-refractivity contribution in [2.24, 2.45) is 0 Å². The van der Waals surface area contributed by atoms with E-state index in [-0.39, 0.29) is 16.6 Å². The molecular formula is C15H15FN2O3S. The number of aryl methyl sites for hydroxylation is 1. The first-order chi connectivity index (χ1) is 10.4. The number of benzene rings is 1. The molecule has 2 N–H and O–H groups in total. The fraction of sp³-hybridized carbons (Fsp3) is 0.267. The van der Waals surface area contributed by atoms with Crippen molar-refractivity contribution in [3.05, 3.63) is 45.7 Å². The van der Waals surface area contributed by atoms with Gasteiger partial charge in [0.05, 0.1) is 11.6 Å². The van der Waals surface area contributed by atoms with E-state index in [1.807, 2.05) is 6.92 Å². The number of carbonyl (C=O) groups excluding carboxylic acids is 1. The number of hydrogen-bond donors (Lipinski definition) is 2. The second kappa shape index (κ2) is 6.65. The van der Waals surface area contributed by atoms with Gasteiger partial charge in [0.15, 0.2) is 0 Å². The third-order valence-electron chi connectivity index (χ3n) is 3.12. The Kier molecular flexibility index (Phi) is 4.87. The third-order valence-corrected chi connectivity index (χ3v) is 4.39. The summed E-state index contributed by atoms with van der Waals surface area (Å²) in [5, 5.41) is 12.2. The minimum Gasteiger partial charge on any atom is -0.477 e. The minimum absolute atomic E-state index is 0.166. The highest BCUT2D eigenvalue weighted by Crippen LogP contribution is 2.26. The molecule has 1 aromatic carbocycles. The first kappa shape index (κ1) is 16.1. The van der Waals surface area contributed by atoms with Crippen LogP contribution in [0, 0.1) is 5.82 Å². The minimum atomic E-state index is -1.04. The summed E-state index contributed by atoms with van der Waals surface area (Å²) in [4.78, 5) is 27.7. The molecular weight excluding hydrogens is 307 g/mol. The van der Waals surface area contributed by atoms with Crippen LogP contribution in [0.25, 0.3) is 0 Å². The Hall–Kier alpha value is -2.28. The highest BCUT2D eigenvalue weighted by atomic mass is 32.1. The molecule has 22 heavy (non-hydrogen) atoms. The van der Waals surface area contributed by atoms with Gasteiger partial charge in [-0.3, -0.25) is 4.79 Å². The third kappa shape index (κ3) is 3.48. The van der Waals surface area contributed by atoms with Crippen molar-refractivity contribution in [3.8, 4) is 0 Å². The number of carboxylic acid groups (broad SMARTS) is 1. The number of aromatic carboxylic acids is 1. The predicted molar refractivity (Wildman–Crippen MR) is 81.9 cm³/mol. The second-order valence-electron chi connectivity index (χ2n) is 4.70. The van der Waals surface area contributed by atoms with Crippen LogP contribution < -0.4 is 5.32 Å². The van der Waals surface area contributed by atoms with Gasteiger partial charge in [-0.25, -0.2) is 14.2 Å². The van der Waals surface area contributed by atoms with E-state index in [1.165, 1.54) is 24.3 Å². The SMILES string of the molecule is CCc1nc(C(C)C(=O)Nc2ccc(F)cc2)sc1C(=O)O. The van der Waals surface area contributed by atoms with Crippen molar-refractivity contribution in [2.75, 3.05) is 5.32 Å². The zero-order chi connectivity index (χ0) is 16.3. The van der Waals surface area contributed by atoms with Gasteiger partial charge in [-0.15, -0.1) is 11.3 Å². The summed E-state index contributed by atoms with van der Waals surface area (Å²) in [6, 6.07) is 5.42. The number of carbonyl (C=O) groups is 2. The van der Waals surface area contributed by atoms with Crippen molar-refractivity contribution in [1.29, 1.82) is 0 Å². The molecule has 1 heterocycles. The van der Waals surface area contributed by atoms with E-state index in [0.29, 0.717) is 22.8 Å². The van der Waals surface area contributed by atoms with Crippen LogP contribution in [-0.2, 0) is 11.2 Å². The molecule has 2 rings (SSSR count). The molecule has 2 aromatic rings. The summed E-state index contributed by atoms with van der Waals surface area (Å²) < 4.78 is 12.8. The Bertz CT molecular complexity index is 697. The normalized spacial score (nSPS) is 12.0. The van der Waals surface area contributed by atoms with Gasteiger partial charge in [0, 0.05) is 5.69 Å². The van der Waals surface area contributed by atoms with E-state index >= 15 is 0 Å². The maximum Gasteiger partial charge on any atom is 0.347 e. The molecule has 0 saturated carbocycles. The Morgan fingerprint density at radius 3 is 2.50 bits per heavy atom. The summed E-state index contributed by atoms with van der Waals surface area (Å²) in [6.07, 6.45) is 0.491. The molecule has 116 valence electrons. The van der Waals surface area contributed by atoms with Crippen LogP contribution in [0.1, 0.15) is 40.1 Å². The number of nitrogens with zero attached hydrogens (tertiary/aromatic N) is 1. The summed E-state index contributed by atoms with van der Waals surface area (Å²) >= 11 is 1.01. The average Bonchev–Trinajstić information content (AvgIpc) is 2.93. The van der Waals surface area contributed by atoms with Gasteiger partial charge in [-0.05, 0) is 37.6 Å². The van der Waals surface area contributed by atoms with Crippen molar-refractivity contribution in [1.82, 2.24) is 4.98 Å². The number of rotatable bonds is 5. The quantitative estimate of drug-likeness (QED) is 0.885. The van der Waals surface area contributed by atoms with Crippen molar-refractivity contribution < 1.29 is 19.1 Å². The fourth-order valence-electron chi connectivity index (χ4n) is 1.86. The molecule has 1 amide bonds. The Labute approximate surface area is 130 Å². The van der Waals surface area contributed by atoms with E-state index in [9.17, 15) is 14.0 Å². The molecule has 0 aliphatic rings. The van der Waals surface area contributed by atoms with Crippen LogP contribution in [0.3, 0.4) is 0 Å². The van der Waals surface area contributed by atoms with E-state index < -0.39 is 11.9 Å². The van der Waals surface area contributed by atoms with E-state index in [4.69, 9.17) is 5.11 Å². The van der Waals surface area contributed by atoms with Gasteiger partial charge in [0.2, 0.25) is 5.91 Å². The van der Waals surface area contributed by atoms with Crippen molar-refractivity contribution in [3.63, 3.8) is 0 Å². The summed E-state index contributed by atoms with van der Waals surface area (Å²) in [5.74, 6) is -2.33. The lowest BCUT2D eigenvalue weighted by atomic mass is 10.1. The second-order valence-corrected chi connectivity index (χ2v) is 5.74. The standard InChI is InChI=1S/C15H15FN2O3S/c1-3-11-12(15(20)21)22-14(18-11)8(2)13(19)17-10-6-4-9(16)5-7-10/h4-8H,3H2,1-2H3,(H,17,19)(H,20,21). The van der Waals surface area contributed by atoms with Gasteiger partial charge >= 0.3 is 5.97 Å². The Balaban J connectivity index is 2.16. The number of nitrogens with one attached hydrogen (secondary N) is 1. The number of anilines is 1. The van der Waals surface area contributed by atoms with Gasteiger partial charge in [-0.1, -0.05) is 6.92 Å². The first-order valence-electron chi connectivity index (χ1n) is 6.71. The summed E-state index contributed by atoms with van der Waals surface area (Å²) in [6.45, 7) is 3.47. The molecule has 0 aliphatic carbocycles. The summed E-state index contributed by atoms with van der Waals surface area (Å²) in [7, 11) is 0. The smallest absolute Gasteiger partial charge is 0.347 e. The van der Waals surface area contributed by atoms with E-state index in [0.717, 1.165) is 11.3 Å². The van der Waals surface area contributed by atoms with Gasteiger partial charge in [-0.2, -0.15) is 0 Å². The van der Waals surface area contributed by atoms with Gasteiger partial charge in [0.1, 0.15) is 15.7 Å². The lowest BCUT2D eigenvalue weighted by Crippen LogP contribution is -2.18. The highest BCUT2D eigenvalue weighted by Gasteiger charge is 2.23. The van der Waals surface area contributed by atoms with Crippen LogP contribution in [0.2, 0.25) is 0 Å². The summed E-state index contributed by atoms with van der Waals surface area (Å²) in [5.41, 5.74) is 0.956. The maximum absolute atomic E-state index is 12.8. The van der Waals surface area contributed by atoms with Crippen LogP contribution >= 0.6 is 11.3 Å². The molecule has 0 bridgehead atoms. The predicted octanol–water partition coefficient (Wildman–Crippen LogP) is 3.29. The lowest BCUT2D eigenvalue weighted by molar-refractivity contribution is -0.117. The molecule has 5 nitrogen and oxygen atoms in total. The van der Waals surface area contributed by atoms with Gasteiger partial charge < -0.3 is 10.4 Å². The molecule has 0 aliphatic heterocycles. The fourth-order valence-corrected chi connectivity index (χ4v) is 2.90. The van der Waals surface area contributed by atoms with Crippen LogP contribution in [-0.4, -0.2) is 22.0 Å². The van der Waals surface area contributed by atoms with Crippen LogP contribution in [0.5, 0.6) is 0 Å². The molecule has 1 aromatic heterocycles. The van der Waals surface area contributed by atoms with Crippen molar-refractivity contribution >= 4 is 28.9 Å². The zero-order valence-electron chi connectivity index (χ0n) is 12.1. The molecule has 0 radical (unpaired) electrons. The topological polar surface area (TPSA) is 79.3 Å². The van der Waals surface area contributed by atoms with E-state index in [1.54, 1.807) is 6.92 Å². The largest absolute Gasteiger partial charge is 0.477 e. The lowest BCUT2D eigenvalue weighted by Gasteiger charge is -2.09. The molecule has 7 heteroatoms. The average molecular weight is 322 g/mol. The zero-order valence-corrected chi connectivity index (χ0v) is 12.9. The molecule has 1 unspecified atom stereocenters. The van der Waals surface area contributed by atoms with Crippen LogP contribution in [0.15, 0.2) is 24.3 Å². The Morgan fingerprint density at radius 2 is 2.00 bits per heavy atom. The maximum atomic E-state index is 12.8. The molecule has 0 spiro atoms. The number of carboxylic acids is 1. The number of aromatic nitrogens is 1. The van der Waals surface area contributed by atoms with E-state index in [2.05, 4.69) is 10.3 Å². The monoisotopic (exact) mass is 322 g/mol. The molecule has 0 fully saturated rings. The highest BCUT2D eigenvalue weighted by molar-refractivity contribution is 7.13. The van der Waals surface area contributed by atoms with Gasteiger partial charge in [0.25, 0.3) is 0 Å². The molecule has 0 saturated heterocycles. The number of amides is 1. The molecule has 1 atom stereocenters. The first-order valence-corrected chi connectivity index (χ1v) is 7.53. The van der Waals surface area contributed by atoms with Crippen LogP contribution in [0.4, 0.5) is 10.1 Å². The number of thiazole rings is 1. The Morgan fingerprint density at radius 1 is 1.36 bits per heavy atom. The number of hydrogen-bond acceptors (Lipinski definition) is 4.